The Morgan fingerprint density at radius 3 is 2.46 bits per heavy atom. The number of aromatic nitrogens is 3. The summed E-state index contributed by atoms with van der Waals surface area (Å²) in [5.74, 6) is 0.579. The van der Waals surface area contributed by atoms with Gasteiger partial charge < -0.3 is 15.0 Å². The van der Waals surface area contributed by atoms with Crippen LogP contribution in [0.2, 0.25) is 0 Å². The first kappa shape index (κ1) is 16.3. The van der Waals surface area contributed by atoms with Crippen molar-refractivity contribution >= 4 is 17.4 Å². The number of aryl methyl sites for hydroxylation is 1. The molecule has 2 aromatic rings. The Labute approximate surface area is 141 Å². The maximum atomic E-state index is 12.1. The zero-order chi connectivity index (χ0) is 17.1. The van der Waals surface area contributed by atoms with Gasteiger partial charge in [0.05, 0.1) is 36.0 Å². The van der Waals surface area contributed by atoms with Gasteiger partial charge in [-0.15, -0.1) is 0 Å². The summed E-state index contributed by atoms with van der Waals surface area (Å²) in [5.41, 5.74) is 1.67. The van der Waals surface area contributed by atoms with Gasteiger partial charge in [-0.05, 0) is 32.9 Å². The Balaban J connectivity index is 1.66. The molecule has 7 nitrogen and oxygen atoms in total. The van der Waals surface area contributed by atoms with Gasteiger partial charge in [0, 0.05) is 19.3 Å². The van der Waals surface area contributed by atoms with Crippen LogP contribution >= 0.6 is 0 Å². The molecule has 1 aliphatic heterocycles. The second-order valence-electron chi connectivity index (χ2n) is 6.06. The van der Waals surface area contributed by atoms with E-state index in [1.54, 1.807) is 12.4 Å². The third-order valence-corrected chi connectivity index (χ3v) is 3.76. The highest BCUT2D eigenvalue weighted by Crippen LogP contribution is 2.19. The van der Waals surface area contributed by atoms with Crippen molar-refractivity contribution in [3.8, 4) is 0 Å². The predicted molar refractivity (Wildman–Crippen MR) is 91.2 cm³/mol. The zero-order valence-corrected chi connectivity index (χ0v) is 14.1. The number of carbonyl (C=O) groups is 1. The molecule has 0 radical (unpaired) electrons. The molecular formula is C17H21N5O2. The fraction of sp³-hybridized carbons (Fsp3) is 0.412. The van der Waals surface area contributed by atoms with E-state index in [1.807, 2.05) is 19.1 Å². The first-order valence-electron chi connectivity index (χ1n) is 7.97. The smallest absolute Gasteiger partial charge is 0.275 e. The molecule has 126 valence electrons. The maximum Gasteiger partial charge on any atom is 0.275 e. The van der Waals surface area contributed by atoms with Crippen molar-refractivity contribution in [2.75, 3.05) is 23.3 Å². The number of amides is 1. The Kier molecular flexibility index (Phi) is 4.71. The number of pyridine rings is 1. The molecule has 1 amide bonds. The van der Waals surface area contributed by atoms with Crippen LogP contribution in [-0.2, 0) is 4.74 Å². The van der Waals surface area contributed by atoms with Crippen molar-refractivity contribution in [3.05, 3.63) is 42.1 Å². The third-order valence-electron chi connectivity index (χ3n) is 3.76. The molecule has 0 unspecified atom stereocenters. The van der Waals surface area contributed by atoms with Crippen LogP contribution < -0.4 is 10.2 Å². The average Bonchev–Trinajstić information content (AvgIpc) is 2.55. The van der Waals surface area contributed by atoms with Gasteiger partial charge in [-0.25, -0.2) is 9.97 Å². The summed E-state index contributed by atoms with van der Waals surface area (Å²) in [6.07, 6.45) is 5.03. The summed E-state index contributed by atoms with van der Waals surface area (Å²) in [4.78, 5) is 26.9. The van der Waals surface area contributed by atoms with Crippen molar-refractivity contribution in [2.45, 2.75) is 33.0 Å². The van der Waals surface area contributed by atoms with E-state index < -0.39 is 0 Å². The molecular weight excluding hydrogens is 306 g/mol. The van der Waals surface area contributed by atoms with E-state index in [-0.39, 0.29) is 23.8 Å². The molecule has 24 heavy (non-hydrogen) atoms. The summed E-state index contributed by atoms with van der Waals surface area (Å²) in [6.45, 7) is 7.55. The second kappa shape index (κ2) is 6.92. The zero-order valence-electron chi connectivity index (χ0n) is 14.1. The first-order chi connectivity index (χ1) is 11.5. The van der Waals surface area contributed by atoms with E-state index in [0.29, 0.717) is 5.69 Å². The SMILES string of the molecule is Cc1cnc(C(=O)Nc2ccc(N3C[C@@H](C)O[C@@H](C)C3)nc2)cn1. The number of morpholine rings is 1. The normalized spacial score (nSPS) is 20.7. The molecule has 1 fully saturated rings. The van der Waals surface area contributed by atoms with Gasteiger partial charge in [0.2, 0.25) is 0 Å². The van der Waals surface area contributed by atoms with Crippen LogP contribution in [0.25, 0.3) is 0 Å². The number of nitrogens with zero attached hydrogens (tertiary/aromatic N) is 4. The maximum absolute atomic E-state index is 12.1. The van der Waals surface area contributed by atoms with Crippen LogP contribution in [-0.4, -0.2) is 46.2 Å². The molecule has 0 bridgehead atoms. The average molecular weight is 327 g/mol. The summed E-state index contributed by atoms with van der Waals surface area (Å²) in [7, 11) is 0. The largest absolute Gasteiger partial charge is 0.372 e. The number of hydrogen-bond acceptors (Lipinski definition) is 6. The summed E-state index contributed by atoms with van der Waals surface area (Å²) >= 11 is 0. The molecule has 0 aliphatic carbocycles. The van der Waals surface area contributed by atoms with Crippen LogP contribution in [0.1, 0.15) is 30.0 Å². The van der Waals surface area contributed by atoms with E-state index in [2.05, 4.69) is 39.0 Å². The van der Waals surface area contributed by atoms with Gasteiger partial charge in [0.15, 0.2) is 0 Å². The number of rotatable bonds is 3. The highest BCUT2D eigenvalue weighted by molar-refractivity contribution is 6.02. The first-order valence-corrected chi connectivity index (χ1v) is 7.97. The van der Waals surface area contributed by atoms with Crippen molar-refractivity contribution in [1.29, 1.82) is 0 Å². The van der Waals surface area contributed by atoms with Gasteiger partial charge in [0.25, 0.3) is 5.91 Å². The molecule has 0 saturated carbocycles. The quantitative estimate of drug-likeness (QED) is 0.929. The van der Waals surface area contributed by atoms with Gasteiger partial charge in [-0.2, -0.15) is 0 Å². The molecule has 2 aromatic heterocycles. The van der Waals surface area contributed by atoms with Crippen LogP contribution in [0.15, 0.2) is 30.7 Å². The van der Waals surface area contributed by atoms with E-state index in [0.717, 1.165) is 24.6 Å². The minimum atomic E-state index is -0.300. The van der Waals surface area contributed by atoms with Gasteiger partial charge in [0.1, 0.15) is 11.5 Å². The summed E-state index contributed by atoms with van der Waals surface area (Å²) in [6, 6.07) is 3.74. The van der Waals surface area contributed by atoms with Crippen molar-refractivity contribution < 1.29 is 9.53 Å². The minimum Gasteiger partial charge on any atom is -0.372 e. The number of ether oxygens (including phenoxy) is 1. The lowest BCUT2D eigenvalue weighted by Crippen LogP contribution is -2.45. The summed E-state index contributed by atoms with van der Waals surface area (Å²) < 4.78 is 5.73. The number of hydrogen-bond donors (Lipinski definition) is 1. The fourth-order valence-electron chi connectivity index (χ4n) is 2.72. The van der Waals surface area contributed by atoms with E-state index in [4.69, 9.17) is 4.74 Å². The molecule has 1 aliphatic rings. The molecule has 0 spiro atoms. The molecule has 2 atom stereocenters. The van der Waals surface area contributed by atoms with Crippen molar-refractivity contribution in [2.24, 2.45) is 0 Å². The van der Waals surface area contributed by atoms with Crippen LogP contribution in [0.5, 0.6) is 0 Å². The Hall–Kier alpha value is -2.54. The van der Waals surface area contributed by atoms with Crippen molar-refractivity contribution in [1.82, 2.24) is 15.0 Å². The van der Waals surface area contributed by atoms with Crippen LogP contribution in [0.3, 0.4) is 0 Å². The minimum absolute atomic E-state index is 0.176. The summed E-state index contributed by atoms with van der Waals surface area (Å²) in [5, 5.41) is 2.78. The van der Waals surface area contributed by atoms with Crippen LogP contribution in [0.4, 0.5) is 11.5 Å². The molecule has 1 N–H and O–H groups in total. The second-order valence-corrected chi connectivity index (χ2v) is 6.06. The number of carbonyl (C=O) groups excluding carboxylic acids is 1. The highest BCUT2D eigenvalue weighted by Gasteiger charge is 2.23. The monoisotopic (exact) mass is 327 g/mol. The molecule has 1 saturated heterocycles. The van der Waals surface area contributed by atoms with E-state index in [1.165, 1.54) is 6.20 Å². The Bertz CT molecular complexity index is 692. The Morgan fingerprint density at radius 1 is 1.12 bits per heavy atom. The van der Waals surface area contributed by atoms with Crippen molar-refractivity contribution in [3.63, 3.8) is 0 Å². The lowest BCUT2D eigenvalue weighted by Gasteiger charge is -2.36. The standard InChI is InChI=1S/C17H21N5O2/c1-11-6-19-15(8-18-11)17(23)21-14-4-5-16(20-7-14)22-9-12(2)24-13(3)10-22/h4-8,12-13H,9-10H2,1-3H3,(H,21,23)/t12-,13+. The number of nitrogens with one attached hydrogen (secondary N) is 1. The van der Waals surface area contributed by atoms with Gasteiger partial charge in [-0.3, -0.25) is 9.78 Å². The lowest BCUT2D eigenvalue weighted by molar-refractivity contribution is -0.00545. The third kappa shape index (κ3) is 3.86. The molecule has 3 heterocycles. The Morgan fingerprint density at radius 2 is 1.88 bits per heavy atom. The number of anilines is 2. The highest BCUT2D eigenvalue weighted by atomic mass is 16.5. The molecule has 7 heteroatoms. The van der Waals surface area contributed by atoms with Gasteiger partial charge >= 0.3 is 0 Å². The predicted octanol–water partition coefficient (Wildman–Crippen LogP) is 2.05. The van der Waals surface area contributed by atoms with Crippen LogP contribution in [0, 0.1) is 6.92 Å². The fourth-order valence-corrected chi connectivity index (χ4v) is 2.72. The molecule has 0 aromatic carbocycles. The van der Waals surface area contributed by atoms with Gasteiger partial charge in [-0.1, -0.05) is 0 Å². The van der Waals surface area contributed by atoms with E-state index in [9.17, 15) is 4.79 Å². The van der Waals surface area contributed by atoms with E-state index >= 15 is 0 Å². The lowest BCUT2D eigenvalue weighted by atomic mass is 10.2. The molecule has 3 rings (SSSR count). The topological polar surface area (TPSA) is 80.2 Å².